The van der Waals surface area contributed by atoms with Crippen LogP contribution in [-0.2, 0) is 4.79 Å². The minimum atomic E-state index is -1.03. The number of anilines is 1. The number of hydrogen-bond donors (Lipinski definition) is 3. The Morgan fingerprint density at radius 2 is 2.17 bits per heavy atom. The van der Waals surface area contributed by atoms with Gasteiger partial charge in [0.05, 0.1) is 17.7 Å². The molecule has 0 fully saturated rings. The summed E-state index contributed by atoms with van der Waals surface area (Å²) < 4.78 is 12.8. The van der Waals surface area contributed by atoms with Crippen LogP contribution in [0.15, 0.2) is 18.2 Å². The van der Waals surface area contributed by atoms with Gasteiger partial charge in [-0.25, -0.2) is 9.18 Å². The molecule has 1 rings (SSSR count). The maximum Gasteiger partial charge on any atom is 0.319 e. The second-order valence-corrected chi connectivity index (χ2v) is 3.33. The van der Waals surface area contributed by atoms with Crippen LogP contribution in [0.1, 0.15) is 12.0 Å². The van der Waals surface area contributed by atoms with Crippen molar-refractivity contribution < 1.29 is 19.1 Å². The number of amides is 2. The monoisotopic (exact) mass is 251 g/mol. The minimum Gasteiger partial charge on any atom is -0.481 e. The van der Waals surface area contributed by atoms with Crippen molar-refractivity contribution in [3.05, 3.63) is 29.6 Å². The molecule has 7 heteroatoms. The van der Waals surface area contributed by atoms with Crippen molar-refractivity contribution in [2.75, 3.05) is 11.9 Å². The summed E-state index contributed by atoms with van der Waals surface area (Å²) >= 11 is 0. The molecule has 3 N–H and O–H groups in total. The van der Waals surface area contributed by atoms with E-state index in [-0.39, 0.29) is 24.2 Å². The first-order chi connectivity index (χ1) is 8.52. The summed E-state index contributed by atoms with van der Waals surface area (Å²) in [4.78, 5) is 21.5. The van der Waals surface area contributed by atoms with E-state index in [1.54, 1.807) is 6.07 Å². The molecular weight excluding hydrogens is 241 g/mol. The summed E-state index contributed by atoms with van der Waals surface area (Å²) in [5.41, 5.74) is 0.148. The van der Waals surface area contributed by atoms with E-state index in [2.05, 4.69) is 10.6 Å². The van der Waals surface area contributed by atoms with Crippen molar-refractivity contribution in [1.82, 2.24) is 5.32 Å². The summed E-state index contributed by atoms with van der Waals surface area (Å²) in [6.45, 7) is -0.0375. The van der Waals surface area contributed by atoms with Gasteiger partial charge >= 0.3 is 12.0 Å². The van der Waals surface area contributed by atoms with Gasteiger partial charge in [-0.15, -0.1) is 0 Å². The van der Waals surface area contributed by atoms with Crippen molar-refractivity contribution in [2.45, 2.75) is 6.42 Å². The number of carboxylic acids is 1. The topological polar surface area (TPSA) is 102 Å². The Hall–Kier alpha value is -2.62. The van der Waals surface area contributed by atoms with Gasteiger partial charge in [-0.1, -0.05) is 0 Å². The molecule has 0 spiro atoms. The van der Waals surface area contributed by atoms with Gasteiger partial charge in [-0.3, -0.25) is 4.79 Å². The first-order valence-electron chi connectivity index (χ1n) is 4.99. The van der Waals surface area contributed by atoms with Crippen LogP contribution in [0.4, 0.5) is 14.9 Å². The fraction of sp³-hybridized carbons (Fsp3) is 0.182. The largest absolute Gasteiger partial charge is 0.481 e. The highest BCUT2D eigenvalue weighted by Crippen LogP contribution is 2.15. The lowest BCUT2D eigenvalue weighted by Crippen LogP contribution is -2.30. The molecule has 0 aliphatic carbocycles. The van der Waals surface area contributed by atoms with Crippen molar-refractivity contribution >= 4 is 17.7 Å². The molecule has 0 atom stereocenters. The Kier molecular flexibility index (Phi) is 4.63. The van der Waals surface area contributed by atoms with Crippen LogP contribution < -0.4 is 10.6 Å². The predicted octanol–water partition coefficient (Wildman–Crippen LogP) is 1.29. The number of carbonyl (C=O) groups excluding carboxylic acids is 1. The molecule has 0 radical (unpaired) electrons. The van der Waals surface area contributed by atoms with Gasteiger partial charge in [0.15, 0.2) is 0 Å². The minimum absolute atomic E-state index is 0.0108. The number of nitriles is 1. The van der Waals surface area contributed by atoms with E-state index in [1.807, 2.05) is 0 Å². The Labute approximate surface area is 102 Å². The fourth-order valence-electron chi connectivity index (χ4n) is 1.17. The Morgan fingerprint density at radius 3 is 2.78 bits per heavy atom. The second-order valence-electron chi connectivity index (χ2n) is 3.33. The Bertz CT molecular complexity index is 511. The molecule has 6 nitrogen and oxygen atoms in total. The third kappa shape index (κ3) is 4.09. The zero-order valence-corrected chi connectivity index (χ0v) is 9.24. The number of hydrogen-bond acceptors (Lipinski definition) is 3. The highest BCUT2D eigenvalue weighted by atomic mass is 19.1. The Balaban J connectivity index is 2.59. The average molecular weight is 251 g/mol. The zero-order valence-electron chi connectivity index (χ0n) is 9.24. The third-order valence-corrected chi connectivity index (χ3v) is 1.97. The number of urea groups is 1. The number of carboxylic acid groups (broad SMARTS) is 1. The smallest absolute Gasteiger partial charge is 0.319 e. The van der Waals surface area contributed by atoms with Gasteiger partial charge < -0.3 is 15.7 Å². The summed E-state index contributed by atoms with van der Waals surface area (Å²) in [6, 6.07) is 4.44. The molecule has 0 bridgehead atoms. The van der Waals surface area contributed by atoms with Crippen LogP contribution in [0, 0.1) is 17.1 Å². The van der Waals surface area contributed by atoms with Gasteiger partial charge in [0.1, 0.15) is 11.9 Å². The van der Waals surface area contributed by atoms with E-state index in [0.717, 1.165) is 12.1 Å². The van der Waals surface area contributed by atoms with Crippen LogP contribution in [0.3, 0.4) is 0 Å². The van der Waals surface area contributed by atoms with Gasteiger partial charge in [0.2, 0.25) is 0 Å². The second kappa shape index (κ2) is 6.20. The maximum absolute atomic E-state index is 12.8. The molecule has 0 aromatic heterocycles. The molecule has 94 valence electrons. The zero-order chi connectivity index (χ0) is 13.5. The number of benzene rings is 1. The molecule has 0 unspecified atom stereocenters. The van der Waals surface area contributed by atoms with Crippen molar-refractivity contribution in [2.24, 2.45) is 0 Å². The lowest BCUT2D eigenvalue weighted by atomic mass is 10.2. The van der Waals surface area contributed by atoms with Crippen molar-refractivity contribution in [3.8, 4) is 6.07 Å². The standard InChI is InChI=1S/C11H10FN3O3/c12-8-1-2-9(7(5-8)6-13)15-11(18)14-4-3-10(16)17/h1-2,5H,3-4H2,(H,16,17)(H2,14,15,18). The Morgan fingerprint density at radius 1 is 1.44 bits per heavy atom. The van der Waals surface area contributed by atoms with E-state index in [1.165, 1.54) is 6.07 Å². The summed E-state index contributed by atoms with van der Waals surface area (Å²) in [7, 11) is 0. The molecule has 2 amide bonds. The predicted molar refractivity (Wildman–Crippen MR) is 60.4 cm³/mol. The molecule has 0 saturated heterocycles. The first kappa shape index (κ1) is 13.4. The maximum atomic E-state index is 12.8. The lowest BCUT2D eigenvalue weighted by Gasteiger charge is -2.07. The van der Waals surface area contributed by atoms with Gasteiger partial charge in [0.25, 0.3) is 0 Å². The van der Waals surface area contributed by atoms with E-state index < -0.39 is 17.8 Å². The SMILES string of the molecule is N#Cc1cc(F)ccc1NC(=O)NCCC(=O)O. The van der Waals surface area contributed by atoms with Crippen molar-refractivity contribution in [1.29, 1.82) is 5.26 Å². The number of carbonyl (C=O) groups is 2. The summed E-state index contributed by atoms with van der Waals surface area (Å²) in [6.07, 6.45) is -0.206. The highest BCUT2D eigenvalue weighted by Gasteiger charge is 2.07. The van der Waals surface area contributed by atoms with Crippen LogP contribution in [0.2, 0.25) is 0 Å². The third-order valence-electron chi connectivity index (χ3n) is 1.97. The fourth-order valence-corrected chi connectivity index (χ4v) is 1.17. The summed E-state index contributed by atoms with van der Waals surface area (Å²) in [5.74, 6) is -1.61. The van der Waals surface area contributed by atoms with Crippen molar-refractivity contribution in [3.63, 3.8) is 0 Å². The molecule has 18 heavy (non-hydrogen) atoms. The molecule has 0 aliphatic rings. The molecule has 0 saturated carbocycles. The van der Waals surface area contributed by atoms with Gasteiger partial charge in [0, 0.05) is 6.54 Å². The van der Waals surface area contributed by atoms with E-state index in [9.17, 15) is 14.0 Å². The normalized spacial score (nSPS) is 9.33. The van der Waals surface area contributed by atoms with Crippen LogP contribution in [0.5, 0.6) is 0 Å². The van der Waals surface area contributed by atoms with Gasteiger partial charge in [-0.05, 0) is 18.2 Å². The number of nitrogens with one attached hydrogen (secondary N) is 2. The van der Waals surface area contributed by atoms with Crippen LogP contribution in [-0.4, -0.2) is 23.7 Å². The highest BCUT2D eigenvalue weighted by molar-refractivity contribution is 5.90. The molecular formula is C11H10FN3O3. The number of halogens is 1. The lowest BCUT2D eigenvalue weighted by molar-refractivity contribution is -0.136. The molecule has 0 aliphatic heterocycles. The average Bonchev–Trinajstić information content (AvgIpc) is 2.31. The van der Waals surface area contributed by atoms with E-state index in [0.29, 0.717) is 0 Å². The first-order valence-corrected chi connectivity index (χ1v) is 4.99. The van der Waals surface area contributed by atoms with Crippen LogP contribution >= 0.6 is 0 Å². The van der Waals surface area contributed by atoms with Gasteiger partial charge in [-0.2, -0.15) is 5.26 Å². The quantitative estimate of drug-likeness (QED) is 0.750. The molecule has 1 aromatic rings. The van der Waals surface area contributed by atoms with E-state index in [4.69, 9.17) is 10.4 Å². The van der Waals surface area contributed by atoms with E-state index >= 15 is 0 Å². The summed E-state index contributed by atoms with van der Waals surface area (Å²) in [5, 5.41) is 21.7. The number of rotatable bonds is 4. The molecule has 0 heterocycles. The number of aliphatic carboxylic acids is 1. The van der Waals surface area contributed by atoms with Crippen LogP contribution in [0.25, 0.3) is 0 Å². The number of nitrogens with zero attached hydrogens (tertiary/aromatic N) is 1. The molecule has 1 aromatic carbocycles.